The van der Waals surface area contributed by atoms with Crippen molar-refractivity contribution in [3.8, 4) is 28.1 Å². The molecule has 3 aromatic carbocycles. The van der Waals surface area contributed by atoms with Crippen molar-refractivity contribution >= 4 is 10.8 Å². The third-order valence-electron chi connectivity index (χ3n) is 4.37. The van der Waals surface area contributed by atoms with Crippen LogP contribution in [0.2, 0.25) is 0 Å². The fourth-order valence-electron chi connectivity index (χ4n) is 3.16. The Hall–Kier alpha value is -3.33. The van der Waals surface area contributed by atoms with Crippen molar-refractivity contribution in [1.29, 1.82) is 0 Å². The van der Waals surface area contributed by atoms with Gasteiger partial charge in [-0.3, -0.25) is 4.79 Å². The second-order valence-electron chi connectivity index (χ2n) is 5.84. The molecular weight excluding hydrogens is 310 g/mol. The Morgan fingerprint density at radius 3 is 2.04 bits per heavy atom. The van der Waals surface area contributed by atoms with Crippen LogP contribution in [0.5, 0.6) is 5.75 Å². The van der Waals surface area contributed by atoms with Crippen molar-refractivity contribution in [2.24, 2.45) is 0 Å². The average molecular weight is 327 g/mol. The molecule has 0 aliphatic carbocycles. The predicted octanol–water partition coefficient (Wildman–Crippen LogP) is 4.87. The number of ether oxygens (including phenoxy) is 1. The molecule has 0 amide bonds. The van der Waals surface area contributed by atoms with E-state index >= 15 is 0 Å². The number of rotatable bonds is 3. The van der Waals surface area contributed by atoms with Gasteiger partial charge in [-0.1, -0.05) is 60.7 Å². The molecule has 4 rings (SSSR count). The molecule has 1 heterocycles. The minimum absolute atomic E-state index is 0.0771. The molecule has 0 atom stereocenters. The molecule has 0 aliphatic heterocycles. The molecule has 3 heteroatoms. The zero-order valence-corrected chi connectivity index (χ0v) is 13.8. The summed E-state index contributed by atoms with van der Waals surface area (Å²) in [6.07, 6.45) is 0. The van der Waals surface area contributed by atoms with Gasteiger partial charge in [0.05, 0.1) is 12.8 Å². The maximum atomic E-state index is 12.6. The molecule has 0 saturated carbocycles. The molecule has 0 saturated heterocycles. The van der Waals surface area contributed by atoms with Gasteiger partial charge in [-0.15, -0.1) is 0 Å². The van der Waals surface area contributed by atoms with Gasteiger partial charge in [-0.05, 0) is 34.7 Å². The van der Waals surface area contributed by atoms with E-state index in [0.717, 1.165) is 33.5 Å². The summed E-state index contributed by atoms with van der Waals surface area (Å²) in [4.78, 5) is 15.7. The molecule has 25 heavy (non-hydrogen) atoms. The minimum atomic E-state index is -0.0771. The number of fused-ring (bicyclic) bond motifs is 1. The number of H-pyrrole nitrogens is 1. The quantitative estimate of drug-likeness (QED) is 0.583. The van der Waals surface area contributed by atoms with Crippen molar-refractivity contribution in [1.82, 2.24) is 4.98 Å². The van der Waals surface area contributed by atoms with Crippen LogP contribution >= 0.6 is 0 Å². The van der Waals surface area contributed by atoms with Crippen molar-refractivity contribution in [3.05, 3.63) is 89.2 Å². The summed E-state index contributed by atoms with van der Waals surface area (Å²) >= 11 is 0. The van der Waals surface area contributed by atoms with Crippen LogP contribution in [-0.4, -0.2) is 12.1 Å². The minimum Gasteiger partial charge on any atom is -0.497 e. The highest BCUT2D eigenvalue weighted by Crippen LogP contribution is 2.35. The number of benzene rings is 3. The van der Waals surface area contributed by atoms with E-state index in [1.54, 1.807) is 7.11 Å². The lowest BCUT2D eigenvalue weighted by Crippen LogP contribution is -2.09. The van der Waals surface area contributed by atoms with E-state index in [1.165, 1.54) is 0 Å². The summed E-state index contributed by atoms with van der Waals surface area (Å²) in [6, 6.07) is 25.5. The molecule has 0 radical (unpaired) electrons. The fraction of sp³-hybridized carbons (Fsp3) is 0.0455. The normalized spacial score (nSPS) is 10.8. The smallest absolute Gasteiger partial charge is 0.256 e. The Balaban J connectivity index is 2.08. The predicted molar refractivity (Wildman–Crippen MR) is 102 cm³/mol. The zero-order valence-electron chi connectivity index (χ0n) is 13.8. The number of hydrogen-bond acceptors (Lipinski definition) is 2. The summed E-state index contributed by atoms with van der Waals surface area (Å²) < 4.78 is 5.27. The highest BCUT2D eigenvalue weighted by atomic mass is 16.5. The van der Waals surface area contributed by atoms with Gasteiger partial charge in [0.25, 0.3) is 5.56 Å². The topological polar surface area (TPSA) is 42.1 Å². The van der Waals surface area contributed by atoms with E-state index in [-0.39, 0.29) is 5.56 Å². The number of hydrogen-bond donors (Lipinski definition) is 1. The van der Waals surface area contributed by atoms with Crippen molar-refractivity contribution in [2.75, 3.05) is 7.11 Å². The average Bonchev–Trinajstić information content (AvgIpc) is 2.69. The van der Waals surface area contributed by atoms with Gasteiger partial charge in [0.15, 0.2) is 0 Å². The first-order chi connectivity index (χ1) is 12.3. The first kappa shape index (κ1) is 15.2. The van der Waals surface area contributed by atoms with Crippen LogP contribution in [0.1, 0.15) is 0 Å². The van der Waals surface area contributed by atoms with Crippen molar-refractivity contribution < 1.29 is 4.74 Å². The maximum Gasteiger partial charge on any atom is 0.256 e. The van der Waals surface area contributed by atoms with E-state index in [4.69, 9.17) is 4.74 Å². The van der Waals surface area contributed by atoms with Crippen LogP contribution in [0.25, 0.3) is 33.2 Å². The summed E-state index contributed by atoms with van der Waals surface area (Å²) in [7, 11) is 1.65. The van der Waals surface area contributed by atoms with Crippen LogP contribution in [0.15, 0.2) is 83.7 Å². The standard InChI is InChI=1S/C22H17NO2/c1-25-17-13-11-15(12-14-17)20-18-9-5-6-10-19(18)22(24)23-21(20)16-7-3-2-4-8-16/h2-14H,1H3,(H,23,24). The number of methoxy groups -OCH3 is 1. The molecule has 0 aliphatic rings. The highest BCUT2D eigenvalue weighted by Gasteiger charge is 2.14. The summed E-state index contributed by atoms with van der Waals surface area (Å²) in [6.45, 7) is 0. The van der Waals surface area contributed by atoms with Crippen LogP contribution in [-0.2, 0) is 0 Å². The van der Waals surface area contributed by atoms with E-state index in [0.29, 0.717) is 5.39 Å². The first-order valence-electron chi connectivity index (χ1n) is 8.13. The molecular formula is C22H17NO2. The Kier molecular flexibility index (Phi) is 3.82. The lowest BCUT2D eigenvalue weighted by atomic mass is 9.94. The lowest BCUT2D eigenvalue weighted by Gasteiger charge is -2.14. The van der Waals surface area contributed by atoms with Crippen LogP contribution in [0.4, 0.5) is 0 Å². The Labute approximate surface area is 145 Å². The van der Waals surface area contributed by atoms with E-state index in [9.17, 15) is 4.79 Å². The van der Waals surface area contributed by atoms with Crippen LogP contribution < -0.4 is 10.3 Å². The number of nitrogens with one attached hydrogen (secondary N) is 1. The second-order valence-corrected chi connectivity index (χ2v) is 5.84. The van der Waals surface area contributed by atoms with Gasteiger partial charge in [0.1, 0.15) is 5.75 Å². The Morgan fingerprint density at radius 1 is 0.720 bits per heavy atom. The molecule has 3 nitrogen and oxygen atoms in total. The van der Waals surface area contributed by atoms with Crippen molar-refractivity contribution in [2.45, 2.75) is 0 Å². The van der Waals surface area contributed by atoms with Crippen LogP contribution in [0, 0.1) is 0 Å². The van der Waals surface area contributed by atoms with Gasteiger partial charge in [-0.2, -0.15) is 0 Å². The van der Waals surface area contributed by atoms with Gasteiger partial charge in [0.2, 0.25) is 0 Å². The largest absolute Gasteiger partial charge is 0.497 e. The Bertz CT molecular complexity index is 1080. The van der Waals surface area contributed by atoms with E-state index in [1.807, 2.05) is 78.9 Å². The van der Waals surface area contributed by atoms with Crippen LogP contribution in [0.3, 0.4) is 0 Å². The second kappa shape index (κ2) is 6.29. The van der Waals surface area contributed by atoms with Gasteiger partial charge >= 0.3 is 0 Å². The monoisotopic (exact) mass is 327 g/mol. The van der Waals surface area contributed by atoms with Crippen molar-refractivity contribution in [3.63, 3.8) is 0 Å². The number of aromatic nitrogens is 1. The summed E-state index contributed by atoms with van der Waals surface area (Å²) in [5.41, 5.74) is 3.79. The maximum absolute atomic E-state index is 12.6. The first-order valence-corrected chi connectivity index (χ1v) is 8.13. The van der Waals surface area contributed by atoms with Gasteiger partial charge in [-0.25, -0.2) is 0 Å². The van der Waals surface area contributed by atoms with Gasteiger partial charge in [0, 0.05) is 10.9 Å². The Morgan fingerprint density at radius 2 is 1.36 bits per heavy atom. The fourth-order valence-corrected chi connectivity index (χ4v) is 3.16. The van der Waals surface area contributed by atoms with E-state index < -0.39 is 0 Å². The molecule has 122 valence electrons. The third-order valence-corrected chi connectivity index (χ3v) is 4.37. The molecule has 0 fully saturated rings. The molecule has 0 bridgehead atoms. The zero-order chi connectivity index (χ0) is 17.2. The molecule has 1 aromatic heterocycles. The van der Waals surface area contributed by atoms with Gasteiger partial charge < -0.3 is 9.72 Å². The molecule has 4 aromatic rings. The number of aromatic amines is 1. The summed E-state index contributed by atoms with van der Waals surface area (Å²) in [5, 5.41) is 1.63. The third kappa shape index (κ3) is 2.70. The highest BCUT2D eigenvalue weighted by molar-refractivity contribution is 6.02. The summed E-state index contributed by atoms with van der Waals surface area (Å²) in [5.74, 6) is 0.804. The SMILES string of the molecule is COc1ccc(-c2c(-c3ccccc3)[nH]c(=O)c3ccccc23)cc1. The molecule has 1 N–H and O–H groups in total. The molecule has 0 unspecified atom stereocenters. The lowest BCUT2D eigenvalue weighted by molar-refractivity contribution is 0.415. The van der Waals surface area contributed by atoms with E-state index in [2.05, 4.69) is 4.98 Å². The molecule has 0 spiro atoms. The number of pyridine rings is 1.